The van der Waals surface area contributed by atoms with Crippen LogP contribution in [0.1, 0.15) is 64.2 Å². The molecule has 0 aromatic heterocycles. The Balaban J connectivity index is 1.23. The highest BCUT2D eigenvalue weighted by Gasteiger charge is 2.38. The van der Waals surface area contributed by atoms with Gasteiger partial charge in [-0.25, -0.2) is 0 Å². The predicted molar refractivity (Wildman–Crippen MR) is 125 cm³/mol. The summed E-state index contributed by atoms with van der Waals surface area (Å²) < 4.78 is 0. The maximum Gasteiger partial charge on any atom is 0.255 e. The Kier molecular flexibility index (Phi) is 5.60. The molecule has 1 unspecified atom stereocenters. The molecule has 2 fully saturated rings. The van der Waals surface area contributed by atoms with Crippen molar-refractivity contribution in [3.05, 3.63) is 82.6 Å². The standard InChI is InChI=1S/C27H31N3O2/c1-18-5-3-4-6-22(18)16-29-13-11-20(12-14-29)21-8-9-24-23(15-21)17-30(27(24)32)25-10-7-19(2)28-26(25)31/h3-6,8-9,15,20,25H,2,7,10-14,16-17H2,1H3,(H,28,31). The average molecular weight is 430 g/mol. The lowest BCUT2D eigenvalue weighted by Crippen LogP contribution is -2.49. The van der Waals surface area contributed by atoms with Gasteiger partial charge in [-0.2, -0.15) is 0 Å². The minimum absolute atomic E-state index is 0.0211. The summed E-state index contributed by atoms with van der Waals surface area (Å²) in [6.45, 7) is 9.75. The summed E-state index contributed by atoms with van der Waals surface area (Å²) in [5.74, 6) is 0.398. The molecule has 0 radical (unpaired) electrons. The van der Waals surface area contributed by atoms with Gasteiger partial charge in [0.15, 0.2) is 0 Å². The van der Waals surface area contributed by atoms with Crippen LogP contribution in [0.25, 0.3) is 0 Å². The predicted octanol–water partition coefficient (Wildman–Crippen LogP) is 4.12. The summed E-state index contributed by atoms with van der Waals surface area (Å²) in [6, 6.07) is 14.6. The Morgan fingerprint density at radius 1 is 1.06 bits per heavy atom. The van der Waals surface area contributed by atoms with Crippen LogP contribution in [0, 0.1) is 6.92 Å². The number of piperidine rings is 2. The number of amides is 2. The number of nitrogens with one attached hydrogen (secondary N) is 1. The maximum atomic E-state index is 13.0. The minimum atomic E-state index is -0.395. The summed E-state index contributed by atoms with van der Waals surface area (Å²) in [7, 11) is 0. The third kappa shape index (κ3) is 3.97. The molecule has 3 aliphatic rings. The van der Waals surface area contributed by atoms with Crippen molar-refractivity contribution < 1.29 is 9.59 Å². The lowest BCUT2D eigenvalue weighted by Gasteiger charge is -2.32. The summed E-state index contributed by atoms with van der Waals surface area (Å²) in [5.41, 5.74) is 6.66. The first kappa shape index (κ1) is 21.0. The molecule has 2 saturated heterocycles. The first-order valence-corrected chi connectivity index (χ1v) is 11.7. The number of aryl methyl sites for hydroxylation is 1. The van der Waals surface area contributed by atoms with Crippen LogP contribution in [-0.2, 0) is 17.9 Å². The van der Waals surface area contributed by atoms with Gasteiger partial charge in [0.05, 0.1) is 0 Å². The second-order valence-electron chi connectivity index (χ2n) is 9.47. The topological polar surface area (TPSA) is 52.7 Å². The Morgan fingerprint density at radius 3 is 2.59 bits per heavy atom. The van der Waals surface area contributed by atoms with E-state index in [0.717, 1.165) is 55.7 Å². The molecule has 32 heavy (non-hydrogen) atoms. The van der Waals surface area contributed by atoms with Gasteiger partial charge in [-0.15, -0.1) is 0 Å². The number of carbonyl (C=O) groups is 2. The lowest BCUT2D eigenvalue weighted by molar-refractivity contribution is -0.126. The maximum absolute atomic E-state index is 13.0. The Labute approximate surface area is 190 Å². The molecular formula is C27H31N3O2. The van der Waals surface area contributed by atoms with Crippen LogP contribution in [0.5, 0.6) is 0 Å². The van der Waals surface area contributed by atoms with E-state index in [-0.39, 0.29) is 11.8 Å². The van der Waals surface area contributed by atoms with Crippen LogP contribution in [0.2, 0.25) is 0 Å². The van der Waals surface area contributed by atoms with Gasteiger partial charge in [0.2, 0.25) is 5.91 Å². The number of rotatable bonds is 4. The molecule has 0 bridgehead atoms. The molecule has 1 N–H and O–H groups in total. The van der Waals surface area contributed by atoms with Crippen molar-refractivity contribution >= 4 is 11.8 Å². The van der Waals surface area contributed by atoms with E-state index >= 15 is 0 Å². The van der Waals surface area contributed by atoms with Gasteiger partial charge in [-0.05, 0) is 79.9 Å². The van der Waals surface area contributed by atoms with Gasteiger partial charge in [0.25, 0.3) is 5.91 Å². The van der Waals surface area contributed by atoms with Gasteiger partial charge in [0, 0.05) is 24.4 Å². The molecule has 5 rings (SSSR count). The van der Waals surface area contributed by atoms with E-state index < -0.39 is 6.04 Å². The summed E-state index contributed by atoms with van der Waals surface area (Å²) >= 11 is 0. The van der Waals surface area contributed by atoms with Crippen LogP contribution in [0.3, 0.4) is 0 Å². The zero-order chi connectivity index (χ0) is 22.2. The van der Waals surface area contributed by atoms with Gasteiger partial charge >= 0.3 is 0 Å². The van der Waals surface area contributed by atoms with Crippen LogP contribution >= 0.6 is 0 Å². The summed E-state index contributed by atoms with van der Waals surface area (Å²) in [4.78, 5) is 29.7. The molecule has 166 valence electrons. The number of carbonyl (C=O) groups excluding carboxylic acids is 2. The first-order valence-electron chi connectivity index (χ1n) is 11.7. The average Bonchev–Trinajstić information content (AvgIpc) is 3.11. The molecule has 5 nitrogen and oxygen atoms in total. The zero-order valence-corrected chi connectivity index (χ0v) is 18.8. The number of benzene rings is 2. The van der Waals surface area contributed by atoms with Crippen molar-refractivity contribution in [2.24, 2.45) is 0 Å². The summed E-state index contributed by atoms with van der Waals surface area (Å²) in [5, 5.41) is 2.81. The Hall–Kier alpha value is -2.92. The van der Waals surface area contributed by atoms with E-state index in [1.54, 1.807) is 4.90 Å². The van der Waals surface area contributed by atoms with E-state index in [4.69, 9.17) is 0 Å². The van der Waals surface area contributed by atoms with Gasteiger partial charge < -0.3 is 10.2 Å². The second-order valence-corrected chi connectivity index (χ2v) is 9.47. The van der Waals surface area contributed by atoms with Gasteiger partial charge in [0.1, 0.15) is 6.04 Å². The van der Waals surface area contributed by atoms with Gasteiger partial charge in [-0.3, -0.25) is 14.5 Å². The molecule has 0 saturated carbocycles. The number of nitrogens with zero attached hydrogens (tertiary/aromatic N) is 2. The SMILES string of the molecule is C=C1CCC(N2Cc3cc(C4CCN(Cc5ccccc5C)CC4)ccc3C2=O)C(=O)N1. The largest absolute Gasteiger partial charge is 0.329 e. The number of hydrogen-bond acceptors (Lipinski definition) is 3. The Bertz CT molecular complexity index is 1070. The fourth-order valence-corrected chi connectivity index (χ4v) is 5.38. The van der Waals surface area contributed by atoms with Crippen LogP contribution in [-0.4, -0.2) is 40.7 Å². The van der Waals surface area contributed by atoms with Crippen molar-refractivity contribution in [3.63, 3.8) is 0 Å². The summed E-state index contributed by atoms with van der Waals surface area (Å²) in [6.07, 6.45) is 3.64. The van der Waals surface area contributed by atoms with Crippen molar-refractivity contribution in [1.29, 1.82) is 0 Å². The molecule has 0 spiro atoms. The molecule has 3 aliphatic heterocycles. The first-order chi connectivity index (χ1) is 15.5. The van der Waals surface area contributed by atoms with Crippen molar-refractivity contribution in [2.75, 3.05) is 13.1 Å². The van der Waals surface area contributed by atoms with Crippen LogP contribution < -0.4 is 5.32 Å². The van der Waals surface area contributed by atoms with Crippen molar-refractivity contribution in [3.8, 4) is 0 Å². The molecule has 5 heteroatoms. The van der Waals surface area contributed by atoms with Gasteiger partial charge in [-0.1, -0.05) is 43.0 Å². The van der Waals surface area contributed by atoms with E-state index in [1.165, 1.54) is 16.7 Å². The van der Waals surface area contributed by atoms with E-state index in [1.807, 2.05) is 6.07 Å². The quantitative estimate of drug-likeness (QED) is 0.795. The number of fused-ring (bicyclic) bond motifs is 1. The fourth-order valence-electron chi connectivity index (χ4n) is 5.38. The molecule has 2 amide bonds. The molecule has 3 heterocycles. The smallest absolute Gasteiger partial charge is 0.255 e. The molecule has 1 atom stereocenters. The molecule has 0 aliphatic carbocycles. The fraction of sp³-hybridized carbons (Fsp3) is 0.407. The van der Waals surface area contributed by atoms with Crippen molar-refractivity contribution in [2.45, 2.75) is 57.7 Å². The number of likely N-dealkylation sites (tertiary alicyclic amines) is 1. The van der Waals surface area contributed by atoms with E-state index in [0.29, 0.717) is 18.9 Å². The number of hydrogen-bond donors (Lipinski definition) is 1. The minimum Gasteiger partial charge on any atom is -0.329 e. The van der Waals surface area contributed by atoms with Crippen LogP contribution in [0.4, 0.5) is 0 Å². The zero-order valence-electron chi connectivity index (χ0n) is 18.8. The van der Waals surface area contributed by atoms with E-state index in [2.05, 4.69) is 60.1 Å². The third-order valence-electron chi connectivity index (χ3n) is 7.37. The highest BCUT2D eigenvalue weighted by Crippen LogP contribution is 2.34. The normalized spacial score (nSPS) is 22.2. The number of allylic oxidation sites excluding steroid dienone is 1. The van der Waals surface area contributed by atoms with E-state index in [9.17, 15) is 9.59 Å². The highest BCUT2D eigenvalue weighted by atomic mass is 16.2. The second kappa shape index (κ2) is 8.55. The Morgan fingerprint density at radius 2 is 1.84 bits per heavy atom. The van der Waals surface area contributed by atoms with Crippen LogP contribution in [0.15, 0.2) is 54.7 Å². The third-order valence-corrected chi connectivity index (χ3v) is 7.37. The monoisotopic (exact) mass is 429 g/mol. The molecule has 2 aromatic carbocycles. The lowest BCUT2D eigenvalue weighted by atomic mass is 9.87. The molecular weight excluding hydrogens is 398 g/mol. The van der Waals surface area contributed by atoms with Crippen molar-refractivity contribution in [1.82, 2.24) is 15.1 Å². The molecule has 2 aromatic rings. The highest BCUT2D eigenvalue weighted by molar-refractivity contribution is 6.01.